The number of carboxylic acid groups (broad SMARTS) is 1. The second kappa shape index (κ2) is 6.23. The Morgan fingerprint density at radius 1 is 1.37 bits per heavy atom. The van der Waals surface area contributed by atoms with Crippen molar-refractivity contribution in [1.29, 1.82) is 0 Å². The molecule has 0 saturated carbocycles. The Morgan fingerprint density at radius 3 is 2.84 bits per heavy atom. The zero-order valence-corrected chi connectivity index (χ0v) is 11.5. The fraction of sp³-hybridized carbons (Fsp3) is 0.846. The molecule has 0 spiro atoms. The minimum absolute atomic E-state index is 0.229. The molecule has 2 heterocycles. The number of nitrogens with zero attached hydrogens (tertiary/aromatic N) is 2. The molecule has 0 aromatic heterocycles. The molecule has 2 rings (SSSR count). The maximum absolute atomic E-state index is 12.1. The summed E-state index contributed by atoms with van der Waals surface area (Å²) in [6.07, 6.45) is 3.56. The van der Waals surface area contributed by atoms with E-state index in [1.807, 2.05) is 6.92 Å². The largest absolute Gasteiger partial charge is 0.480 e. The van der Waals surface area contributed by atoms with Gasteiger partial charge in [0.2, 0.25) is 0 Å². The molecule has 6 nitrogen and oxygen atoms in total. The van der Waals surface area contributed by atoms with Crippen molar-refractivity contribution in [3.63, 3.8) is 0 Å². The van der Waals surface area contributed by atoms with Crippen LogP contribution < -0.4 is 5.32 Å². The van der Waals surface area contributed by atoms with Crippen LogP contribution in [0, 0.1) is 0 Å². The molecule has 19 heavy (non-hydrogen) atoms. The van der Waals surface area contributed by atoms with E-state index in [1.165, 1.54) is 6.42 Å². The normalized spacial score (nSPS) is 24.9. The monoisotopic (exact) mass is 269 g/mol. The summed E-state index contributed by atoms with van der Waals surface area (Å²) >= 11 is 0. The zero-order valence-electron chi connectivity index (χ0n) is 11.5. The topological polar surface area (TPSA) is 72.9 Å². The fourth-order valence-electron chi connectivity index (χ4n) is 2.96. The van der Waals surface area contributed by atoms with Gasteiger partial charge in [0.05, 0.1) is 0 Å². The van der Waals surface area contributed by atoms with Crippen LogP contribution in [0.5, 0.6) is 0 Å². The second-order valence-corrected chi connectivity index (χ2v) is 5.41. The highest BCUT2D eigenvalue weighted by molar-refractivity contribution is 5.82. The summed E-state index contributed by atoms with van der Waals surface area (Å²) in [5.74, 6) is -0.949. The van der Waals surface area contributed by atoms with Gasteiger partial charge in [-0.3, -0.25) is 4.90 Å². The number of aliphatic carboxylic acids is 1. The van der Waals surface area contributed by atoms with Crippen molar-refractivity contribution in [2.45, 2.75) is 44.7 Å². The first-order chi connectivity index (χ1) is 9.11. The first-order valence-electron chi connectivity index (χ1n) is 7.14. The van der Waals surface area contributed by atoms with Crippen molar-refractivity contribution in [3.05, 3.63) is 0 Å². The molecule has 2 fully saturated rings. The summed E-state index contributed by atoms with van der Waals surface area (Å²) in [5.41, 5.74) is 0. The maximum Gasteiger partial charge on any atom is 0.326 e. The van der Waals surface area contributed by atoms with Crippen LogP contribution in [0.15, 0.2) is 0 Å². The molecule has 2 N–H and O–H groups in total. The third-order valence-corrected chi connectivity index (χ3v) is 4.05. The van der Waals surface area contributed by atoms with Gasteiger partial charge in [-0.25, -0.2) is 9.59 Å². The standard InChI is InChI=1S/C13H23N3O3/c1-2-4-11(12(17)18)14-13(19)16-8-7-15-6-3-5-10(15)9-16/h10-11H,2-9H2,1H3,(H,14,19)(H,17,18)/t10?,11-/m1/s1. The van der Waals surface area contributed by atoms with E-state index < -0.39 is 12.0 Å². The molecular formula is C13H23N3O3. The van der Waals surface area contributed by atoms with Gasteiger partial charge >= 0.3 is 12.0 Å². The van der Waals surface area contributed by atoms with Crippen LogP contribution in [0.1, 0.15) is 32.6 Å². The number of carbonyl (C=O) groups excluding carboxylic acids is 1. The highest BCUT2D eigenvalue weighted by Gasteiger charge is 2.33. The SMILES string of the molecule is CCC[C@@H](NC(=O)N1CCN2CCCC2C1)C(=O)O. The van der Waals surface area contributed by atoms with Gasteiger partial charge in [0.15, 0.2) is 0 Å². The van der Waals surface area contributed by atoms with E-state index in [0.29, 0.717) is 19.0 Å². The van der Waals surface area contributed by atoms with Crippen molar-refractivity contribution in [2.24, 2.45) is 0 Å². The Kier molecular flexibility index (Phi) is 4.63. The Balaban J connectivity index is 1.87. The van der Waals surface area contributed by atoms with Crippen LogP contribution in [0.25, 0.3) is 0 Å². The first-order valence-corrected chi connectivity index (χ1v) is 7.14. The van der Waals surface area contributed by atoms with Crippen LogP contribution >= 0.6 is 0 Å². The van der Waals surface area contributed by atoms with Crippen molar-refractivity contribution in [2.75, 3.05) is 26.2 Å². The Hall–Kier alpha value is -1.30. The van der Waals surface area contributed by atoms with Gasteiger partial charge in [-0.2, -0.15) is 0 Å². The Labute approximate surface area is 113 Å². The molecule has 2 saturated heterocycles. The highest BCUT2D eigenvalue weighted by atomic mass is 16.4. The minimum atomic E-state index is -0.949. The number of hydrogen-bond acceptors (Lipinski definition) is 3. The molecule has 2 atom stereocenters. The van der Waals surface area contributed by atoms with Crippen LogP contribution in [-0.4, -0.2) is 65.2 Å². The Morgan fingerprint density at radius 2 is 2.16 bits per heavy atom. The van der Waals surface area contributed by atoms with E-state index in [4.69, 9.17) is 5.11 Å². The molecule has 0 radical (unpaired) electrons. The molecule has 1 unspecified atom stereocenters. The molecule has 108 valence electrons. The van der Waals surface area contributed by atoms with Gasteiger partial charge < -0.3 is 15.3 Å². The lowest BCUT2D eigenvalue weighted by molar-refractivity contribution is -0.139. The average molecular weight is 269 g/mol. The van der Waals surface area contributed by atoms with E-state index in [1.54, 1.807) is 4.90 Å². The summed E-state index contributed by atoms with van der Waals surface area (Å²) in [4.78, 5) is 27.3. The first kappa shape index (κ1) is 14.1. The summed E-state index contributed by atoms with van der Waals surface area (Å²) in [6, 6.07) is -0.527. The summed E-state index contributed by atoms with van der Waals surface area (Å²) in [5, 5.41) is 11.7. The lowest BCUT2D eigenvalue weighted by Gasteiger charge is -2.37. The van der Waals surface area contributed by atoms with Crippen LogP contribution in [0.4, 0.5) is 4.79 Å². The Bertz CT molecular complexity index is 348. The lowest BCUT2D eigenvalue weighted by Crippen LogP contribution is -2.56. The van der Waals surface area contributed by atoms with E-state index in [2.05, 4.69) is 10.2 Å². The molecular weight excluding hydrogens is 246 g/mol. The highest BCUT2D eigenvalue weighted by Crippen LogP contribution is 2.21. The number of fused-ring (bicyclic) bond motifs is 1. The molecule has 2 amide bonds. The minimum Gasteiger partial charge on any atom is -0.480 e. The number of amides is 2. The predicted octanol–water partition coefficient (Wildman–Crippen LogP) is 0.729. The second-order valence-electron chi connectivity index (χ2n) is 5.41. The van der Waals surface area contributed by atoms with Crippen molar-refractivity contribution in [3.8, 4) is 0 Å². The van der Waals surface area contributed by atoms with Crippen molar-refractivity contribution >= 4 is 12.0 Å². The molecule has 2 aliphatic heterocycles. The summed E-state index contributed by atoms with van der Waals surface area (Å²) in [7, 11) is 0. The maximum atomic E-state index is 12.1. The number of piperazine rings is 1. The number of urea groups is 1. The van der Waals surface area contributed by atoms with Crippen LogP contribution in [0.3, 0.4) is 0 Å². The van der Waals surface area contributed by atoms with Gasteiger partial charge in [0.25, 0.3) is 0 Å². The fourth-order valence-corrected chi connectivity index (χ4v) is 2.96. The van der Waals surface area contributed by atoms with E-state index >= 15 is 0 Å². The molecule has 0 aliphatic carbocycles. The summed E-state index contributed by atoms with van der Waals surface area (Å²) < 4.78 is 0. The number of carboxylic acids is 1. The van der Waals surface area contributed by atoms with E-state index in [0.717, 1.165) is 32.5 Å². The molecule has 0 aromatic rings. The zero-order chi connectivity index (χ0) is 13.8. The number of rotatable bonds is 4. The smallest absolute Gasteiger partial charge is 0.326 e. The lowest BCUT2D eigenvalue weighted by atomic mass is 10.1. The van der Waals surface area contributed by atoms with Gasteiger partial charge in [-0.05, 0) is 25.8 Å². The molecule has 6 heteroatoms. The number of carbonyl (C=O) groups is 2. The molecule has 0 aromatic carbocycles. The predicted molar refractivity (Wildman–Crippen MR) is 71.0 cm³/mol. The van der Waals surface area contributed by atoms with Crippen LogP contribution in [-0.2, 0) is 4.79 Å². The van der Waals surface area contributed by atoms with E-state index in [-0.39, 0.29) is 6.03 Å². The van der Waals surface area contributed by atoms with Gasteiger partial charge in [-0.15, -0.1) is 0 Å². The molecule has 2 aliphatic rings. The number of hydrogen-bond donors (Lipinski definition) is 2. The summed E-state index contributed by atoms with van der Waals surface area (Å²) in [6.45, 7) is 5.38. The van der Waals surface area contributed by atoms with Crippen LogP contribution in [0.2, 0.25) is 0 Å². The van der Waals surface area contributed by atoms with Gasteiger partial charge in [0.1, 0.15) is 6.04 Å². The third-order valence-electron chi connectivity index (χ3n) is 4.05. The van der Waals surface area contributed by atoms with Gasteiger partial charge in [-0.1, -0.05) is 13.3 Å². The average Bonchev–Trinajstić information content (AvgIpc) is 2.85. The van der Waals surface area contributed by atoms with E-state index in [9.17, 15) is 9.59 Å². The quantitative estimate of drug-likeness (QED) is 0.789. The van der Waals surface area contributed by atoms with Gasteiger partial charge in [0, 0.05) is 25.7 Å². The number of nitrogens with one attached hydrogen (secondary N) is 1. The third kappa shape index (κ3) is 3.37. The molecule has 0 bridgehead atoms. The van der Waals surface area contributed by atoms with Crippen molar-refractivity contribution in [1.82, 2.24) is 15.1 Å². The van der Waals surface area contributed by atoms with Crippen molar-refractivity contribution < 1.29 is 14.7 Å².